The van der Waals surface area contributed by atoms with Crippen LogP contribution >= 0.6 is 0 Å². The molecule has 0 atom stereocenters. The van der Waals surface area contributed by atoms with Crippen LogP contribution in [0.3, 0.4) is 0 Å². The van der Waals surface area contributed by atoms with Crippen LogP contribution in [0.5, 0.6) is 0 Å². The van der Waals surface area contributed by atoms with Crippen LogP contribution < -0.4 is 4.90 Å². The second-order valence-corrected chi connectivity index (χ2v) is 11.2. The van der Waals surface area contributed by atoms with Gasteiger partial charge in [-0.05, 0) is 76.5 Å². The van der Waals surface area contributed by atoms with Crippen molar-refractivity contribution in [3.05, 3.63) is 158 Å². The Bertz CT molecular complexity index is 2480. The Morgan fingerprint density at radius 3 is 2.13 bits per heavy atom. The first kappa shape index (κ1) is 25.4. The number of nitrogens with zero attached hydrogens (tertiary/aromatic N) is 2. The topological polar surface area (TPSA) is 42.4 Å². The molecule has 0 N–H and O–H groups in total. The predicted octanol–water partition coefficient (Wildman–Crippen LogP) is 11.7. The van der Waals surface area contributed by atoms with Gasteiger partial charge in [-0.2, -0.15) is 0 Å². The fourth-order valence-corrected chi connectivity index (χ4v) is 6.37. The Morgan fingerprint density at radius 1 is 0.489 bits per heavy atom. The van der Waals surface area contributed by atoms with Crippen LogP contribution in [0.1, 0.15) is 0 Å². The Hall–Kier alpha value is -6.13. The molecule has 0 aliphatic carbocycles. The minimum Gasteiger partial charge on any atom is -0.454 e. The van der Waals surface area contributed by atoms with Crippen LogP contribution in [0.2, 0.25) is 0 Å². The molecule has 0 saturated carbocycles. The Morgan fingerprint density at radius 2 is 1.22 bits per heavy atom. The van der Waals surface area contributed by atoms with Crippen molar-refractivity contribution in [2.45, 2.75) is 0 Å². The molecule has 7 aromatic carbocycles. The van der Waals surface area contributed by atoms with E-state index in [0.717, 1.165) is 61.2 Å². The van der Waals surface area contributed by atoms with Crippen LogP contribution in [-0.4, -0.2) is 4.98 Å². The highest BCUT2D eigenvalue weighted by Crippen LogP contribution is 2.45. The monoisotopic (exact) mass is 578 g/mol. The number of rotatable bonds is 5. The van der Waals surface area contributed by atoms with Gasteiger partial charge in [-0.1, -0.05) is 103 Å². The molecule has 4 nitrogen and oxygen atoms in total. The molecule has 0 aliphatic rings. The van der Waals surface area contributed by atoms with E-state index in [1.807, 2.05) is 42.5 Å². The van der Waals surface area contributed by atoms with E-state index in [4.69, 9.17) is 13.8 Å². The lowest BCUT2D eigenvalue weighted by Crippen LogP contribution is -2.10. The second-order valence-electron chi connectivity index (χ2n) is 11.2. The molecule has 0 saturated heterocycles. The molecule has 2 heterocycles. The molecule has 0 fully saturated rings. The third-order valence-electron chi connectivity index (χ3n) is 8.47. The number of benzene rings is 7. The molecule has 4 heteroatoms. The van der Waals surface area contributed by atoms with E-state index < -0.39 is 0 Å². The van der Waals surface area contributed by atoms with E-state index in [0.29, 0.717) is 5.89 Å². The van der Waals surface area contributed by atoms with Gasteiger partial charge in [0.1, 0.15) is 11.1 Å². The summed E-state index contributed by atoms with van der Waals surface area (Å²) in [6.45, 7) is 0. The number of oxazole rings is 1. The summed E-state index contributed by atoms with van der Waals surface area (Å²) in [6, 6.07) is 54.5. The van der Waals surface area contributed by atoms with Crippen LogP contribution in [0.4, 0.5) is 17.1 Å². The highest BCUT2D eigenvalue weighted by Gasteiger charge is 2.22. The average molecular weight is 579 g/mol. The summed E-state index contributed by atoms with van der Waals surface area (Å²) < 4.78 is 13.0. The maximum absolute atomic E-state index is 6.74. The van der Waals surface area contributed by atoms with E-state index in [1.165, 1.54) is 16.3 Å². The van der Waals surface area contributed by atoms with Gasteiger partial charge < -0.3 is 13.7 Å². The quantitative estimate of drug-likeness (QED) is 0.204. The summed E-state index contributed by atoms with van der Waals surface area (Å²) in [5, 5.41) is 4.36. The van der Waals surface area contributed by atoms with Crippen molar-refractivity contribution >= 4 is 60.9 Å². The van der Waals surface area contributed by atoms with E-state index >= 15 is 0 Å². The number of hydrogen-bond acceptors (Lipinski definition) is 4. The average Bonchev–Trinajstić information content (AvgIpc) is 3.71. The molecule has 212 valence electrons. The summed E-state index contributed by atoms with van der Waals surface area (Å²) in [6.07, 6.45) is 0. The van der Waals surface area contributed by atoms with Crippen molar-refractivity contribution in [1.29, 1.82) is 0 Å². The summed E-state index contributed by atoms with van der Waals surface area (Å²) in [5.41, 5.74) is 9.44. The molecule has 45 heavy (non-hydrogen) atoms. The first-order chi connectivity index (χ1) is 22.3. The van der Waals surface area contributed by atoms with Crippen molar-refractivity contribution in [3.63, 3.8) is 0 Å². The predicted molar refractivity (Wildman–Crippen MR) is 184 cm³/mol. The van der Waals surface area contributed by atoms with Crippen molar-refractivity contribution in [1.82, 2.24) is 4.98 Å². The number of hydrogen-bond donors (Lipinski definition) is 0. The van der Waals surface area contributed by atoms with Crippen molar-refractivity contribution < 1.29 is 8.83 Å². The summed E-state index contributed by atoms with van der Waals surface area (Å²) in [4.78, 5) is 7.12. The van der Waals surface area contributed by atoms with E-state index in [2.05, 4.69) is 120 Å². The zero-order valence-electron chi connectivity index (χ0n) is 24.2. The van der Waals surface area contributed by atoms with Crippen LogP contribution in [0, 0.1) is 0 Å². The highest BCUT2D eigenvalue weighted by molar-refractivity contribution is 6.15. The Kier molecular flexibility index (Phi) is 5.78. The summed E-state index contributed by atoms with van der Waals surface area (Å²) >= 11 is 0. The Balaban J connectivity index is 1.29. The smallest absolute Gasteiger partial charge is 0.228 e. The van der Waals surface area contributed by atoms with Crippen molar-refractivity contribution in [2.75, 3.05) is 4.90 Å². The number of para-hydroxylation sites is 3. The highest BCUT2D eigenvalue weighted by atomic mass is 16.3. The van der Waals surface area contributed by atoms with Crippen LogP contribution in [0.25, 0.3) is 66.4 Å². The second kappa shape index (κ2) is 10.2. The zero-order chi connectivity index (χ0) is 29.7. The van der Waals surface area contributed by atoms with Crippen LogP contribution in [-0.2, 0) is 0 Å². The van der Waals surface area contributed by atoms with Gasteiger partial charge in [0, 0.05) is 27.7 Å². The third-order valence-corrected chi connectivity index (χ3v) is 8.47. The molecular formula is C41H26N2O2. The minimum atomic E-state index is 0.580. The number of furan rings is 1. The maximum Gasteiger partial charge on any atom is 0.228 e. The maximum atomic E-state index is 6.74. The molecule has 2 aromatic heterocycles. The molecule has 0 spiro atoms. The van der Waals surface area contributed by atoms with Gasteiger partial charge in [-0.3, -0.25) is 0 Å². The molecule has 0 bridgehead atoms. The molecule has 9 rings (SSSR count). The van der Waals surface area contributed by atoms with Gasteiger partial charge >= 0.3 is 0 Å². The summed E-state index contributed by atoms with van der Waals surface area (Å²) in [5.74, 6) is 0.580. The van der Waals surface area contributed by atoms with Gasteiger partial charge in [-0.15, -0.1) is 0 Å². The SMILES string of the molecule is c1ccc(-c2cccc(N(c3ccc4ccccc4c3)c3cccc4c3oc3cccc(-c5nc6ccccc6o5)c34)c2)cc1. The molecule has 9 aromatic rings. The van der Waals surface area contributed by atoms with E-state index in [1.54, 1.807) is 0 Å². The lowest BCUT2D eigenvalue weighted by molar-refractivity contribution is 0.620. The lowest BCUT2D eigenvalue weighted by Gasteiger charge is -2.26. The molecule has 0 aliphatic heterocycles. The zero-order valence-corrected chi connectivity index (χ0v) is 24.2. The lowest BCUT2D eigenvalue weighted by atomic mass is 10.0. The van der Waals surface area contributed by atoms with E-state index in [9.17, 15) is 0 Å². The van der Waals surface area contributed by atoms with Gasteiger partial charge in [0.05, 0.1) is 5.69 Å². The normalized spacial score (nSPS) is 11.6. The first-order valence-corrected chi connectivity index (χ1v) is 15.0. The summed E-state index contributed by atoms with van der Waals surface area (Å²) in [7, 11) is 0. The van der Waals surface area contributed by atoms with Crippen molar-refractivity contribution in [2.24, 2.45) is 0 Å². The number of fused-ring (bicyclic) bond motifs is 5. The number of aromatic nitrogens is 1. The van der Waals surface area contributed by atoms with Crippen molar-refractivity contribution in [3.8, 4) is 22.6 Å². The van der Waals surface area contributed by atoms with E-state index in [-0.39, 0.29) is 0 Å². The third kappa shape index (κ3) is 4.27. The molecule has 0 radical (unpaired) electrons. The first-order valence-electron chi connectivity index (χ1n) is 15.0. The largest absolute Gasteiger partial charge is 0.454 e. The standard InChI is InChI=1S/C41H26N2O2/c1-2-11-27(12-3-1)30-15-8-16-31(25-30)43(32-24-23-28-13-4-5-14-29(28)26-32)36-20-9-17-33-39-34(18-10-22-38(39)44-40(33)36)41-42-35-19-6-7-21-37(35)45-41/h1-26H. The molecule has 0 amide bonds. The van der Waals surface area contributed by atoms with Gasteiger partial charge in [0.15, 0.2) is 11.2 Å². The molecule has 0 unspecified atom stereocenters. The van der Waals surface area contributed by atoms with Gasteiger partial charge in [0.25, 0.3) is 0 Å². The fraction of sp³-hybridized carbons (Fsp3) is 0. The van der Waals surface area contributed by atoms with Gasteiger partial charge in [-0.25, -0.2) is 4.98 Å². The minimum absolute atomic E-state index is 0.580. The fourth-order valence-electron chi connectivity index (χ4n) is 6.37. The van der Waals surface area contributed by atoms with Crippen LogP contribution in [0.15, 0.2) is 167 Å². The molecular weight excluding hydrogens is 552 g/mol. The Labute approximate surface area is 259 Å². The van der Waals surface area contributed by atoms with Gasteiger partial charge in [0.2, 0.25) is 5.89 Å². The number of anilines is 3.